The number of nitrogens with one attached hydrogen (secondary N) is 1. The fourth-order valence-corrected chi connectivity index (χ4v) is 2.90. The van der Waals surface area contributed by atoms with Gasteiger partial charge < -0.3 is 5.32 Å². The third kappa shape index (κ3) is 4.19. The summed E-state index contributed by atoms with van der Waals surface area (Å²) in [6.45, 7) is 1.20. The van der Waals surface area contributed by atoms with Crippen molar-refractivity contribution >= 4 is 28.5 Å². The molecule has 3 rings (SSSR count). The van der Waals surface area contributed by atoms with Gasteiger partial charge in [0.15, 0.2) is 0 Å². The minimum absolute atomic E-state index is 0.0580. The molecular formula is C18H16IN3O. The van der Waals surface area contributed by atoms with Gasteiger partial charge in [0, 0.05) is 28.1 Å². The predicted molar refractivity (Wildman–Crippen MR) is 98.1 cm³/mol. The maximum Gasteiger partial charge on any atom is 0.251 e. The third-order valence-corrected chi connectivity index (χ3v) is 4.21. The molecule has 0 spiro atoms. The Balaban J connectivity index is 1.69. The molecule has 1 amide bonds. The summed E-state index contributed by atoms with van der Waals surface area (Å²) in [5.41, 5.74) is 2.93. The first kappa shape index (κ1) is 15.7. The lowest BCUT2D eigenvalue weighted by Crippen LogP contribution is -2.23. The van der Waals surface area contributed by atoms with E-state index >= 15 is 0 Å². The smallest absolute Gasteiger partial charge is 0.251 e. The molecule has 23 heavy (non-hydrogen) atoms. The minimum Gasteiger partial charge on any atom is -0.348 e. The normalized spacial score (nSPS) is 10.5. The molecule has 0 fully saturated rings. The first-order valence-corrected chi connectivity index (χ1v) is 8.38. The molecule has 0 radical (unpaired) electrons. The van der Waals surface area contributed by atoms with Crippen molar-refractivity contribution in [3.05, 3.63) is 87.3 Å². The number of benzene rings is 2. The molecule has 0 aliphatic rings. The Morgan fingerprint density at radius 1 is 1.09 bits per heavy atom. The summed E-state index contributed by atoms with van der Waals surface area (Å²) < 4.78 is 2.93. The van der Waals surface area contributed by atoms with E-state index in [0.717, 1.165) is 14.7 Å². The van der Waals surface area contributed by atoms with Crippen molar-refractivity contribution in [1.82, 2.24) is 15.1 Å². The topological polar surface area (TPSA) is 46.9 Å². The van der Waals surface area contributed by atoms with E-state index in [9.17, 15) is 4.79 Å². The lowest BCUT2D eigenvalue weighted by molar-refractivity contribution is 0.0951. The zero-order valence-corrected chi connectivity index (χ0v) is 14.6. The lowest BCUT2D eigenvalue weighted by atomic mass is 10.1. The molecule has 0 bridgehead atoms. The molecule has 0 atom stereocenters. The van der Waals surface area contributed by atoms with Gasteiger partial charge in [0.1, 0.15) is 0 Å². The Kier molecular flexibility index (Phi) is 5.07. The van der Waals surface area contributed by atoms with E-state index in [1.54, 1.807) is 6.20 Å². The maximum absolute atomic E-state index is 12.3. The average molecular weight is 417 g/mol. The number of amides is 1. The number of halogens is 1. The van der Waals surface area contributed by atoms with Gasteiger partial charge >= 0.3 is 0 Å². The molecule has 116 valence electrons. The van der Waals surface area contributed by atoms with Crippen LogP contribution in [-0.2, 0) is 13.1 Å². The molecule has 0 unspecified atom stereocenters. The summed E-state index contributed by atoms with van der Waals surface area (Å²) in [6, 6.07) is 17.6. The van der Waals surface area contributed by atoms with E-state index in [1.807, 2.05) is 59.4 Å². The highest BCUT2D eigenvalue weighted by molar-refractivity contribution is 14.1. The van der Waals surface area contributed by atoms with E-state index in [1.165, 1.54) is 0 Å². The molecule has 1 aromatic heterocycles. The van der Waals surface area contributed by atoms with Crippen LogP contribution in [0.5, 0.6) is 0 Å². The van der Waals surface area contributed by atoms with Gasteiger partial charge in [-0.1, -0.05) is 30.3 Å². The molecule has 3 aromatic rings. The van der Waals surface area contributed by atoms with Crippen LogP contribution in [0.15, 0.2) is 67.0 Å². The van der Waals surface area contributed by atoms with Gasteiger partial charge in [-0.2, -0.15) is 5.10 Å². The summed E-state index contributed by atoms with van der Waals surface area (Å²) in [5.74, 6) is -0.0580. The fourth-order valence-electron chi connectivity index (χ4n) is 2.36. The molecule has 0 saturated carbocycles. The molecule has 1 N–H and O–H groups in total. The lowest BCUT2D eigenvalue weighted by Gasteiger charge is -2.11. The van der Waals surface area contributed by atoms with Crippen molar-refractivity contribution in [3.63, 3.8) is 0 Å². The first-order chi connectivity index (χ1) is 11.2. The largest absolute Gasteiger partial charge is 0.348 e. The van der Waals surface area contributed by atoms with E-state index in [4.69, 9.17) is 0 Å². The van der Waals surface area contributed by atoms with E-state index in [-0.39, 0.29) is 5.91 Å². The van der Waals surface area contributed by atoms with Crippen molar-refractivity contribution in [2.24, 2.45) is 0 Å². The zero-order chi connectivity index (χ0) is 16.1. The monoisotopic (exact) mass is 417 g/mol. The Morgan fingerprint density at radius 2 is 1.91 bits per heavy atom. The van der Waals surface area contributed by atoms with Crippen LogP contribution in [0, 0.1) is 3.57 Å². The van der Waals surface area contributed by atoms with Crippen molar-refractivity contribution < 1.29 is 4.79 Å². The highest BCUT2D eigenvalue weighted by Gasteiger charge is 2.08. The van der Waals surface area contributed by atoms with Crippen molar-refractivity contribution in [1.29, 1.82) is 0 Å². The summed E-state index contributed by atoms with van der Waals surface area (Å²) in [6.07, 6.45) is 3.70. The molecule has 0 aliphatic carbocycles. The van der Waals surface area contributed by atoms with Crippen LogP contribution in [0.2, 0.25) is 0 Å². The van der Waals surface area contributed by atoms with Gasteiger partial charge in [-0.3, -0.25) is 9.48 Å². The van der Waals surface area contributed by atoms with Gasteiger partial charge in [-0.05, 0) is 58.0 Å². The third-order valence-electron chi connectivity index (χ3n) is 3.54. The van der Waals surface area contributed by atoms with Crippen LogP contribution < -0.4 is 5.32 Å². The van der Waals surface area contributed by atoms with Crippen molar-refractivity contribution in [2.75, 3.05) is 0 Å². The average Bonchev–Trinajstić information content (AvgIpc) is 3.07. The van der Waals surface area contributed by atoms with Crippen LogP contribution in [0.4, 0.5) is 0 Å². The standard InChI is InChI=1S/C18H16IN3O/c19-17-8-3-7-14(11-17)18(23)20-12-15-5-1-2-6-16(15)13-22-10-4-9-21-22/h1-11H,12-13H2,(H,20,23). The number of carbonyl (C=O) groups is 1. The van der Waals surface area contributed by atoms with Gasteiger partial charge in [-0.15, -0.1) is 0 Å². The van der Waals surface area contributed by atoms with E-state index in [0.29, 0.717) is 18.7 Å². The number of rotatable bonds is 5. The quantitative estimate of drug-likeness (QED) is 0.647. The fraction of sp³-hybridized carbons (Fsp3) is 0.111. The van der Waals surface area contributed by atoms with Crippen molar-refractivity contribution in [2.45, 2.75) is 13.1 Å². The highest BCUT2D eigenvalue weighted by atomic mass is 127. The van der Waals surface area contributed by atoms with Crippen LogP contribution in [-0.4, -0.2) is 15.7 Å². The molecule has 0 aliphatic heterocycles. The number of aromatic nitrogens is 2. The van der Waals surface area contributed by atoms with E-state index < -0.39 is 0 Å². The molecule has 4 nitrogen and oxygen atoms in total. The summed E-state index contributed by atoms with van der Waals surface area (Å²) >= 11 is 2.21. The second kappa shape index (κ2) is 7.41. The minimum atomic E-state index is -0.0580. The summed E-state index contributed by atoms with van der Waals surface area (Å²) in [5, 5.41) is 7.22. The molecule has 2 aromatic carbocycles. The Labute approximate surface area is 148 Å². The van der Waals surface area contributed by atoms with Crippen LogP contribution in [0.1, 0.15) is 21.5 Å². The van der Waals surface area contributed by atoms with Crippen molar-refractivity contribution in [3.8, 4) is 0 Å². The van der Waals surface area contributed by atoms with E-state index in [2.05, 4.69) is 39.1 Å². The number of carbonyl (C=O) groups excluding carboxylic acids is 1. The summed E-state index contributed by atoms with van der Waals surface area (Å²) in [4.78, 5) is 12.3. The van der Waals surface area contributed by atoms with Crippen LogP contribution >= 0.6 is 22.6 Å². The second-order valence-corrected chi connectivity index (χ2v) is 6.41. The SMILES string of the molecule is O=C(NCc1ccccc1Cn1cccn1)c1cccc(I)c1. The number of hydrogen-bond acceptors (Lipinski definition) is 2. The molecule has 0 saturated heterocycles. The van der Waals surface area contributed by atoms with Gasteiger partial charge in [-0.25, -0.2) is 0 Å². The van der Waals surface area contributed by atoms with Gasteiger partial charge in [0.25, 0.3) is 5.91 Å². The Hall–Kier alpha value is -2.15. The maximum atomic E-state index is 12.3. The van der Waals surface area contributed by atoms with Gasteiger partial charge in [0.05, 0.1) is 6.54 Å². The highest BCUT2D eigenvalue weighted by Crippen LogP contribution is 2.12. The Bertz CT molecular complexity index is 800. The van der Waals surface area contributed by atoms with Crippen LogP contribution in [0.25, 0.3) is 0 Å². The second-order valence-electron chi connectivity index (χ2n) is 5.17. The molecular weight excluding hydrogens is 401 g/mol. The van der Waals surface area contributed by atoms with Gasteiger partial charge in [0.2, 0.25) is 0 Å². The summed E-state index contributed by atoms with van der Waals surface area (Å²) in [7, 11) is 0. The molecule has 1 heterocycles. The Morgan fingerprint density at radius 3 is 2.65 bits per heavy atom. The number of nitrogens with zero attached hydrogens (tertiary/aromatic N) is 2. The number of hydrogen-bond donors (Lipinski definition) is 1. The molecule has 5 heteroatoms. The predicted octanol–water partition coefficient (Wildman–Crippen LogP) is 3.47. The van der Waals surface area contributed by atoms with Crippen LogP contribution in [0.3, 0.4) is 0 Å². The first-order valence-electron chi connectivity index (χ1n) is 7.30. The zero-order valence-electron chi connectivity index (χ0n) is 12.4.